The van der Waals surface area contributed by atoms with Gasteiger partial charge in [-0.05, 0) is 48.9 Å². The van der Waals surface area contributed by atoms with Gasteiger partial charge in [0.05, 0.1) is 12.0 Å². The number of likely N-dealkylation sites (tertiary alicyclic amines) is 1. The zero-order chi connectivity index (χ0) is 18.0. The lowest BCUT2D eigenvalue weighted by Crippen LogP contribution is -2.51. The number of aliphatic carboxylic acids is 1. The van der Waals surface area contributed by atoms with Gasteiger partial charge in [-0.3, -0.25) is 9.69 Å². The Hall–Kier alpha value is -1.81. The molecular weight excluding hydrogens is 314 g/mol. The average Bonchev–Trinajstić information content (AvgIpc) is 2.50. The summed E-state index contributed by atoms with van der Waals surface area (Å²) in [5, 5.41) is 9.01. The predicted octanol–water partition coefficient (Wildman–Crippen LogP) is 3.85. The van der Waals surface area contributed by atoms with Crippen molar-refractivity contribution in [1.29, 1.82) is 0 Å². The van der Waals surface area contributed by atoms with Crippen molar-refractivity contribution in [3.63, 3.8) is 0 Å². The van der Waals surface area contributed by atoms with Crippen LogP contribution >= 0.6 is 0 Å². The molecule has 0 spiro atoms. The van der Waals surface area contributed by atoms with Crippen molar-refractivity contribution in [2.75, 3.05) is 19.6 Å². The maximum absolute atomic E-state index is 10.9. The number of hydrogen-bond donors (Lipinski definition) is 1. The number of rotatable bonds is 7. The summed E-state index contributed by atoms with van der Waals surface area (Å²) < 4.78 is 6.02. The van der Waals surface area contributed by atoms with Gasteiger partial charge >= 0.3 is 5.97 Å². The summed E-state index contributed by atoms with van der Waals surface area (Å²) in [5.41, 5.74) is 4.03. The monoisotopic (exact) mass is 343 g/mol. The third-order valence-electron chi connectivity index (χ3n) is 5.36. The van der Waals surface area contributed by atoms with Gasteiger partial charge in [0, 0.05) is 19.6 Å². The summed E-state index contributed by atoms with van der Waals surface area (Å²) in [7, 11) is 0. The summed E-state index contributed by atoms with van der Waals surface area (Å²) in [6, 6.07) is 6.42. The van der Waals surface area contributed by atoms with E-state index in [0.717, 1.165) is 31.6 Å². The quantitative estimate of drug-likeness (QED) is 0.817. The first-order chi connectivity index (χ1) is 12.0. The van der Waals surface area contributed by atoms with Crippen LogP contribution in [-0.2, 0) is 11.2 Å². The molecule has 25 heavy (non-hydrogen) atoms. The van der Waals surface area contributed by atoms with E-state index in [1.807, 2.05) is 0 Å². The SMILES string of the molecule is CCC[C@H](C)Oc1ccc2c(c1)C[C@H](C)C(CN1CC(C(=O)O)C1)=C2. The van der Waals surface area contributed by atoms with E-state index < -0.39 is 5.97 Å². The molecule has 1 saturated heterocycles. The normalized spacial score (nSPS) is 21.9. The van der Waals surface area contributed by atoms with Gasteiger partial charge in [-0.2, -0.15) is 0 Å². The van der Waals surface area contributed by atoms with E-state index in [1.54, 1.807) is 0 Å². The number of nitrogens with zero attached hydrogens (tertiary/aromatic N) is 1. The Bertz CT molecular complexity index is 661. The van der Waals surface area contributed by atoms with Gasteiger partial charge < -0.3 is 9.84 Å². The highest BCUT2D eigenvalue weighted by Gasteiger charge is 2.33. The highest BCUT2D eigenvalue weighted by atomic mass is 16.5. The molecule has 4 nitrogen and oxygen atoms in total. The van der Waals surface area contributed by atoms with E-state index >= 15 is 0 Å². The van der Waals surface area contributed by atoms with Gasteiger partial charge in [0.2, 0.25) is 0 Å². The lowest BCUT2D eigenvalue weighted by molar-refractivity contribution is -0.147. The molecular formula is C21H29NO3. The lowest BCUT2D eigenvalue weighted by atomic mass is 9.83. The highest BCUT2D eigenvalue weighted by molar-refractivity contribution is 5.71. The van der Waals surface area contributed by atoms with Crippen molar-refractivity contribution in [3.05, 3.63) is 34.9 Å². The fraction of sp³-hybridized carbons (Fsp3) is 0.571. The summed E-state index contributed by atoms with van der Waals surface area (Å²) in [5.74, 6) is 0.601. The minimum atomic E-state index is -0.669. The first-order valence-corrected chi connectivity index (χ1v) is 9.41. The van der Waals surface area contributed by atoms with E-state index in [0.29, 0.717) is 19.0 Å². The average molecular weight is 343 g/mol. The Morgan fingerprint density at radius 1 is 1.40 bits per heavy atom. The maximum Gasteiger partial charge on any atom is 0.309 e. The molecule has 0 aromatic heterocycles. The zero-order valence-corrected chi connectivity index (χ0v) is 15.5. The lowest BCUT2D eigenvalue weighted by Gasteiger charge is -2.38. The van der Waals surface area contributed by atoms with Gasteiger partial charge in [-0.25, -0.2) is 0 Å². The van der Waals surface area contributed by atoms with Crippen LogP contribution in [-0.4, -0.2) is 41.7 Å². The second-order valence-corrected chi connectivity index (χ2v) is 7.63. The van der Waals surface area contributed by atoms with E-state index in [9.17, 15) is 4.79 Å². The molecule has 1 fully saturated rings. The number of fused-ring (bicyclic) bond motifs is 1. The minimum absolute atomic E-state index is 0.184. The summed E-state index contributed by atoms with van der Waals surface area (Å²) >= 11 is 0. The van der Waals surface area contributed by atoms with E-state index in [1.165, 1.54) is 16.7 Å². The molecule has 136 valence electrons. The van der Waals surface area contributed by atoms with Crippen molar-refractivity contribution in [1.82, 2.24) is 4.90 Å². The molecule has 0 saturated carbocycles. The van der Waals surface area contributed by atoms with Crippen LogP contribution in [0, 0.1) is 11.8 Å². The molecule has 1 heterocycles. The Kier molecular flexibility index (Phi) is 5.48. The van der Waals surface area contributed by atoms with Crippen molar-refractivity contribution in [2.45, 2.75) is 46.1 Å². The molecule has 1 N–H and O–H groups in total. The predicted molar refractivity (Wildman–Crippen MR) is 99.9 cm³/mol. The van der Waals surface area contributed by atoms with Gasteiger partial charge in [-0.1, -0.05) is 38.0 Å². The third kappa shape index (κ3) is 4.24. The van der Waals surface area contributed by atoms with Crippen molar-refractivity contribution >= 4 is 12.0 Å². The smallest absolute Gasteiger partial charge is 0.309 e. The zero-order valence-electron chi connectivity index (χ0n) is 15.5. The Balaban J connectivity index is 1.65. The highest BCUT2D eigenvalue weighted by Crippen LogP contribution is 2.32. The van der Waals surface area contributed by atoms with Gasteiger partial charge in [-0.15, -0.1) is 0 Å². The first kappa shape index (κ1) is 18.0. The Morgan fingerprint density at radius 2 is 2.16 bits per heavy atom. The van der Waals surface area contributed by atoms with Crippen LogP contribution in [0.3, 0.4) is 0 Å². The number of ether oxygens (including phenoxy) is 1. The van der Waals surface area contributed by atoms with Gasteiger partial charge in [0.15, 0.2) is 0 Å². The van der Waals surface area contributed by atoms with Crippen molar-refractivity contribution in [3.8, 4) is 5.75 Å². The summed E-state index contributed by atoms with van der Waals surface area (Å²) in [4.78, 5) is 13.2. The number of carboxylic acid groups (broad SMARTS) is 1. The molecule has 0 unspecified atom stereocenters. The van der Waals surface area contributed by atoms with E-state index in [4.69, 9.17) is 9.84 Å². The van der Waals surface area contributed by atoms with Crippen molar-refractivity contribution < 1.29 is 14.6 Å². The van der Waals surface area contributed by atoms with Gasteiger partial charge in [0.1, 0.15) is 5.75 Å². The molecule has 0 bridgehead atoms. The Labute approximate surface area is 150 Å². The molecule has 1 aromatic rings. The molecule has 1 aromatic carbocycles. The molecule has 0 amide bonds. The van der Waals surface area contributed by atoms with Crippen LogP contribution < -0.4 is 4.74 Å². The molecule has 3 rings (SSSR count). The number of benzene rings is 1. The largest absolute Gasteiger partial charge is 0.491 e. The molecule has 4 heteroatoms. The summed E-state index contributed by atoms with van der Waals surface area (Å²) in [6.45, 7) is 8.80. The maximum atomic E-state index is 10.9. The second-order valence-electron chi connectivity index (χ2n) is 7.63. The topological polar surface area (TPSA) is 49.8 Å². The second kappa shape index (κ2) is 7.61. The van der Waals surface area contributed by atoms with Crippen LogP contribution in [0.15, 0.2) is 23.8 Å². The van der Waals surface area contributed by atoms with Crippen LogP contribution in [0.2, 0.25) is 0 Å². The van der Waals surface area contributed by atoms with E-state index in [2.05, 4.69) is 49.9 Å². The molecule has 1 aliphatic carbocycles. The molecule has 1 aliphatic heterocycles. The fourth-order valence-electron chi connectivity index (χ4n) is 3.79. The third-order valence-corrected chi connectivity index (χ3v) is 5.36. The number of carboxylic acids is 1. The van der Waals surface area contributed by atoms with Gasteiger partial charge in [0.25, 0.3) is 0 Å². The Morgan fingerprint density at radius 3 is 2.84 bits per heavy atom. The molecule has 2 atom stereocenters. The van der Waals surface area contributed by atoms with Crippen LogP contribution in [0.25, 0.3) is 6.08 Å². The standard InChI is InChI=1S/C21H29NO3/c1-4-5-15(3)25-20-7-6-16-9-18(14(2)8-17(16)10-20)11-22-12-19(13-22)21(23)24/h6-7,9-10,14-15,19H,4-5,8,11-13H2,1-3H3,(H,23,24)/t14-,15-/m0/s1. The van der Waals surface area contributed by atoms with Crippen molar-refractivity contribution in [2.24, 2.45) is 11.8 Å². The molecule has 2 aliphatic rings. The minimum Gasteiger partial charge on any atom is -0.491 e. The fourth-order valence-corrected chi connectivity index (χ4v) is 3.79. The van der Waals surface area contributed by atoms with Crippen LogP contribution in [0.1, 0.15) is 44.7 Å². The van der Waals surface area contributed by atoms with E-state index in [-0.39, 0.29) is 12.0 Å². The summed E-state index contributed by atoms with van der Waals surface area (Å²) in [6.07, 6.45) is 5.77. The molecule has 0 radical (unpaired) electrons. The number of hydrogen-bond acceptors (Lipinski definition) is 3. The van der Waals surface area contributed by atoms with Crippen LogP contribution in [0.4, 0.5) is 0 Å². The first-order valence-electron chi connectivity index (χ1n) is 9.41. The number of carbonyl (C=O) groups is 1. The van der Waals surface area contributed by atoms with Crippen LogP contribution in [0.5, 0.6) is 5.75 Å².